The summed E-state index contributed by atoms with van der Waals surface area (Å²) in [6.07, 6.45) is 3.85. The molecule has 2 heterocycles. The van der Waals surface area contributed by atoms with Crippen molar-refractivity contribution in [1.82, 2.24) is 4.40 Å². The van der Waals surface area contributed by atoms with Crippen LogP contribution in [0.4, 0.5) is 0 Å². The van der Waals surface area contributed by atoms with Crippen molar-refractivity contribution in [1.29, 1.82) is 0 Å². The van der Waals surface area contributed by atoms with Crippen LogP contribution < -0.4 is 4.57 Å². The summed E-state index contributed by atoms with van der Waals surface area (Å²) in [5.74, 6) is 0. The molecule has 0 spiro atoms. The molecule has 2 heteroatoms. The van der Waals surface area contributed by atoms with Gasteiger partial charge in [0, 0.05) is 5.41 Å². The fraction of sp³-hybridized carbons (Fsp3) is 0.0444. The predicted molar refractivity (Wildman–Crippen MR) is 195 cm³/mol. The molecule has 2 nitrogen and oxygen atoms in total. The van der Waals surface area contributed by atoms with Gasteiger partial charge in [-0.2, -0.15) is 0 Å². The molecule has 0 radical (unpaired) electrons. The van der Waals surface area contributed by atoms with Gasteiger partial charge in [0.1, 0.15) is 0 Å². The highest BCUT2D eigenvalue weighted by molar-refractivity contribution is 6.20. The van der Waals surface area contributed by atoms with Gasteiger partial charge in [-0.15, -0.1) is 0 Å². The Hall–Kier alpha value is -5.99. The number of nitrogens with zero attached hydrogens (tertiary/aromatic N) is 2. The van der Waals surface area contributed by atoms with Crippen LogP contribution in [-0.4, -0.2) is 4.40 Å². The maximum Gasteiger partial charge on any atom is 0.269 e. The minimum atomic E-state index is -0.389. The standard InChI is InChI=1S/C45H32N2/c1-45(32-16-5-2-6-17-32,33-18-7-3-8-19-33)34-28-29-40-38-24-13-11-22-36(38)37-23-12-14-25-39(37)41-26-15-27-42-44(41)47(43(40)30-34)31-46(42)35-20-9-4-10-21-35/h2-30H,1H3. The zero-order chi connectivity index (χ0) is 31.4. The first-order valence-corrected chi connectivity index (χ1v) is 16.2. The van der Waals surface area contributed by atoms with Crippen molar-refractivity contribution in [3.63, 3.8) is 0 Å². The zero-order valence-electron chi connectivity index (χ0n) is 26.1. The van der Waals surface area contributed by atoms with E-state index >= 15 is 0 Å². The van der Waals surface area contributed by atoms with Crippen LogP contribution in [0.2, 0.25) is 0 Å². The fourth-order valence-electron chi connectivity index (χ4n) is 7.52. The average Bonchev–Trinajstić information content (AvgIpc) is 3.56. The first kappa shape index (κ1) is 27.3. The molecule has 0 amide bonds. The molecule has 9 rings (SSSR count). The van der Waals surface area contributed by atoms with Crippen LogP contribution in [-0.2, 0) is 5.41 Å². The van der Waals surface area contributed by atoms with Crippen molar-refractivity contribution in [3.05, 3.63) is 199 Å². The van der Waals surface area contributed by atoms with Gasteiger partial charge in [0.05, 0.1) is 22.2 Å². The molecule has 0 saturated heterocycles. The third-order valence-electron chi connectivity index (χ3n) is 9.94. The molecule has 47 heavy (non-hydrogen) atoms. The number of fused-ring (bicyclic) bond motifs is 7. The third kappa shape index (κ3) is 4.22. The van der Waals surface area contributed by atoms with Crippen molar-refractivity contribution in [2.45, 2.75) is 12.3 Å². The van der Waals surface area contributed by atoms with E-state index in [1.807, 2.05) is 0 Å². The van der Waals surface area contributed by atoms with Gasteiger partial charge < -0.3 is 0 Å². The number of hydrogen-bond acceptors (Lipinski definition) is 0. The third-order valence-corrected chi connectivity index (χ3v) is 9.94. The average molecular weight is 601 g/mol. The first-order chi connectivity index (χ1) is 23.2. The van der Waals surface area contributed by atoms with Gasteiger partial charge in [-0.1, -0.05) is 158 Å². The SMILES string of the molecule is CC(c1ccccc1)(c1ccccc1)c1ccc2c3ccccc3c3ccccc3c3cccc4c3n([c-][n+]4-c3ccccc3)c2c1. The fourth-order valence-corrected chi connectivity index (χ4v) is 7.52. The van der Waals surface area contributed by atoms with E-state index in [4.69, 9.17) is 0 Å². The summed E-state index contributed by atoms with van der Waals surface area (Å²) in [6, 6.07) is 63.7. The highest BCUT2D eigenvalue weighted by Crippen LogP contribution is 2.41. The number of aromatic nitrogens is 2. The van der Waals surface area contributed by atoms with Crippen molar-refractivity contribution < 1.29 is 4.57 Å². The monoisotopic (exact) mass is 600 g/mol. The molecule has 7 aromatic carbocycles. The van der Waals surface area contributed by atoms with Crippen LogP contribution in [0.25, 0.3) is 54.6 Å². The van der Waals surface area contributed by atoms with E-state index in [1.165, 1.54) is 49.0 Å². The number of para-hydroxylation sites is 2. The number of rotatable bonds is 4. The van der Waals surface area contributed by atoms with Gasteiger partial charge in [-0.3, -0.25) is 8.97 Å². The van der Waals surface area contributed by atoms with Gasteiger partial charge in [-0.25, -0.2) is 0 Å². The molecule has 0 saturated carbocycles. The quantitative estimate of drug-likeness (QED) is 0.108. The molecule has 0 aliphatic heterocycles. The van der Waals surface area contributed by atoms with Crippen LogP contribution >= 0.6 is 0 Å². The Balaban J connectivity index is 1.54. The van der Waals surface area contributed by atoms with Crippen LogP contribution in [0.3, 0.4) is 0 Å². The second-order valence-electron chi connectivity index (χ2n) is 12.5. The van der Waals surface area contributed by atoms with Crippen LogP contribution in [0.1, 0.15) is 23.6 Å². The molecule has 0 unspecified atom stereocenters. The van der Waals surface area contributed by atoms with E-state index in [0.717, 1.165) is 22.2 Å². The Morgan fingerprint density at radius 2 is 0.936 bits per heavy atom. The van der Waals surface area contributed by atoms with E-state index in [9.17, 15) is 0 Å². The number of hydrogen-bond donors (Lipinski definition) is 0. The smallest absolute Gasteiger partial charge is 0.269 e. The molecule has 0 N–H and O–H groups in total. The molecule has 0 bridgehead atoms. The lowest BCUT2D eigenvalue weighted by Crippen LogP contribution is -2.29. The van der Waals surface area contributed by atoms with Gasteiger partial charge in [-0.05, 0) is 74.1 Å². The van der Waals surface area contributed by atoms with E-state index in [-0.39, 0.29) is 5.41 Å². The van der Waals surface area contributed by atoms with Gasteiger partial charge in [0.2, 0.25) is 0 Å². The Morgan fingerprint density at radius 1 is 0.447 bits per heavy atom. The summed E-state index contributed by atoms with van der Waals surface area (Å²) < 4.78 is 4.52. The Labute approximate surface area is 274 Å². The summed E-state index contributed by atoms with van der Waals surface area (Å²) in [5, 5.41) is 7.23. The topological polar surface area (TPSA) is 8.29 Å². The van der Waals surface area contributed by atoms with Crippen LogP contribution in [0.15, 0.2) is 176 Å². The minimum Gasteiger partial charge on any atom is -0.292 e. The molecular formula is C45H32N2. The van der Waals surface area contributed by atoms with Crippen LogP contribution in [0.5, 0.6) is 0 Å². The van der Waals surface area contributed by atoms with E-state index < -0.39 is 0 Å². The van der Waals surface area contributed by atoms with E-state index in [0.29, 0.717) is 0 Å². The van der Waals surface area contributed by atoms with Crippen LogP contribution in [0, 0.1) is 6.33 Å². The van der Waals surface area contributed by atoms with Crippen molar-refractivity contribution in [3.8, 4) is 5.69 Å². The summed E-state index contributed by atoms with van der Waals surface area (Å²) in [5.41, 5.74) is 7.77. The molecule has 0 atom stereocenters. The number of imidazole rings is 1. The Kier molecular flexibility index (Phi) is 6.29. The molecular weight excluding hydrogens is 569 g/mol. The summed E-state index contributed by atoms with van der Waals surface area (Å²) in [4.78, 5) is 0. The second kappa shape index (κ2) is 10.8. The van der Waals surface area contributed by atoms with Gasteiger partial charge >= 0.3 is 0 Å². The maximum atomic E-state index is 3.85. The normalized spacial score (nSPS) is 11.9. The van der Waals surface area contributed by atoms with E-state index in [1.54, 1.807) is 0 Å². The minimum absolute atomic E-state index is 0.389. The second-order valence-corrected chi connectivity index (χ2v) is 12.5. The van der Waals surface area contributed by atoms with Crippen molar-refractivity contribution in [2.24, 2.45) is 0 Å². The number of benzene rings is 7. The summed E-state index contributed by atoms with van der Waals surface area (Å²) >= 11 is 0. The lowest BCUT2D eigenvalue weighted by atomic mass is 9.71. The lowest BCUT2D eigenvalue weighted by molar-refractivity contribution is -0.572. The largest absolute Gasteiger partial charge is 0.292 e. The molecule has 0 aliphatic carbocycles. The summed E-state index contributed by atoms with van der Waals surface area (Å²) in [7, 11) is 0. The Bertz CT molecular complexity index is 2580. The highest BCUT2D eigenvalue weighted by Gasteiger charge is 2.31. The summed E-state index contributed by atoms with van der Waals surface area (Å²) in [6.45, 7) is 2.35. The molecule has 0 aliphatic rings. The van der Waals surface area contributed by atoms with Crippen molar-refractivity contribution >= 4 is 48.9 Å². The highest BCUT2D eigenvalue weighted by atomic mass is 15.1. The molecule has 2 aromatic heterocycles. The zero-order valence-corrected chi connectivity index (χ0v) is 26.1. The molecule has 9 aromatic rings. The molecule has 0 fully saturated rings. The lowest BCUT2D eigenvalue weighted by Gasteiger charge is -2.32. The van der Waals surface area contributed by atoms with Gasteiger partial charge in [0.15, 0.2) is 0 Å². The van der Waals surface area contributed by atoms with Crippen molar-refractivity contribution in [2.75, 3.05) is 0 Å². The molecule has 222 valence electrons. The Morgan fingerprint density at radius 3 is 1.53 bits per heavy atom. The maximum absolute atomic E-state index is 3.85. The van der Waals surface area contributed by atoms with E-state index in [2.05, 4.69) is 198 Å². The van der Waals surface area contributed by atoms with Gasteiger partial charge in [0.25, 0.3) is 6.33 Å². The predicted octanol–water partition coefficient (Wildman–Crippen LogP) is 10.5. The first-order valence-electron chi connectivity index (χ1n) is 16.2.